The molecule has 0 aromatic rings. The van der Waals surface area contributed by atoms with Crippen LogP contribution in [0.3, 0.4) is 0 Å². The Bertz CT molecular complexity index is 201. The number of allylic oxidation sites excluding steroid dienone is 2. The molecule has 1 amide bonds. The van der Waals surface area contributed by atoms with Gasteiger partial charge in [0.05, 0.1) is 0 Å². The summed E-state index contributed by atoms with van der Waals surface area (Å²) in [6.45, 7) is 0. The topological polar surface area (TPSA) is 49.3 Å². The van der Waals surface area contributed by atoms with Gasteiger partial charge in [-0.3, -0.25) is 0 Å². The fourth-order valence-electron chi connectivity index (χ4n) is 1.83. The standard InChI is InChI=1S/C11H19NO2/c13-11(14)12-10-8-6-4-2-1-3-5-7-9-10/h1-2,10,12H,3-9H2,(H,13,14). The number of nitrogens with one attached hydrogen (secondary N) is 1. The lowest BCUT2D eigenvalue weighted by Crippen LogP contribution is -2.33. The van der Waals surface area contributed by atoms with Gasteiger partial charge in [-0.05, 0) is 38.5 Å². The molecule has 0 aliphatic heterocycles. The first-order valence-corrected chi connectivity index (χ1v) is 5.43. The van der Waals surface area contributed by atoms with Gasteiger partial charge in [0.2, 0.25) is 0 Å². The van der Waals surface area contributed by atoms with Crippen molar-refractivity contribution in [3.8, 4) is 0 Å². The number of carbonyl (C=O) groups is 1. The Kier molecular flexibility index (Phi) is 5.12. The van der Waals surface area contributed by atoms with Crippen LogP contribution in [0.2, 0.25) is 0 Å². The quantitative estimate of drug-likeness (QED) is 0.635. The summed E-state index contributed by atoms with van der Waals surface area (Å²) < 4.78 is 0. The average molecular weight is 197 g/mol. The molecule has 1 atom stereocenters. The number of hydrogen-bond donors (Lipinski definition) is 2. The molecule has 0 heterocycles. The fourth-order valence-corrected chi connectivity index (χ4v) is 1.83. The maximum absolute atomic E-state index is 10.5. The Morgan fingerprint density at radius 2 is 1.79 bits per heavy atom. The van der Waals surface area contributed by atoms with Crippen LogP contribution in [0.5, 0.6) is 0 Å². The Morgan fingerprint density at radius 1 is 1.14 bits per heavy atom. The average Bonchev–Trinajstić information content (AvgIpc) is 2.15. The molecule has 0 aromatic heterocycles. The Balaban J connectivity index is 2.33. The molecule has 0 saturated carbocycles. The van der Waals surface area contributed by atoms with Gasteiger partial charge in [0, 0.05) is 6.04 Å². The molecular formula is C11H19NO2. The van der Waals surface area contributed by atoms with Gasteiger partial charge in [0.15, 0.2) is 0 Å². The summed E-state index contributed by atoms with van der Waals surface area (Å²) in [6.07, 6.45) is 11.1. The van der Waals surface area contributed by atoms with Crippen LogP contribution in [0, 0.1) is 0 Å². The monoisotopic (exact) mass is 197 g/mol. The van der Waals surface area contributed by atoms with Crippen molar-refractivity contribution in [2.45, 2.75) is 51.0 Å². The van der Waals surface area contributed by atoms with Crippen molar-refractivity contribution in [1.29, 1.82) is 0 Å². The van der Waals surface area contributed by atoms with E-state index >= 15 is 0 Å². The van der Waals surface area contributed by atoms with E-state index in [1.165, 1.54) is 6.42 Å². The van der Waals surface area contributed by atoms with E-state index in [-0.39, 0.29) is 6.04 Å². The lowest BCUT2D eigenvalue weighted by molar-refractivity contribution is 0.187. The highest BCUT2D eigenvalue weighted by Gasteiger charge is 2.10. The van der Waals surface area contributed by atoms with E-state index in [1.54, 1.807) is 0 Å². The van der Waals surface area contributed by atoms with Crippen molar-refractivity contribution >= 4 is 6.09 Å². The number of carboxylic acid groups (broad SMARTS) is 1. The first-order chi connectivity index (χ1) is 6.79. The normalized spacial score (nSPS) is 24.1. The third-order valence-corrected chi connectivity index (χ3v) is 2.59. The molecule has 14 heavy (non-hydrogen) atoms. The van der Waals surface area contributed by atoms with E-state index < -0.39 is 6.09 Å². The molecule has 1 aliphatic rings. The van der Waals surface area contributed by atoms with Crippen LogP contribution >= 0.6 is 0 Å². The largest absolute Gasteiger partial charge is 0.465 e. The summed E-state index contributed by atoms with van der Waals surface area (Å²) in [5.41, 5.74) is 0. The Labute approximate surface area is 85.2 Å². The minimum absolute atomic E-state index is 0.166. The highest BCUT2D eigenvalue weighted by atomic mass is 16.4. The third-order valence-electron chi connectivity index (χ3n) is 2.59. The van der Waals surface area contributed by atoms with Crippen molar-refractivity contribution in [3.05, 3.63) is 12.2 Å². The van der Waals surface area contributed by atoms with Crippen LogP contribution in [0.25, 0.3) is 0 Å². The predicted octanol–water partition coefficient (Wildman–Crippen LogP) is 2.92. The molecule has 0 bridgehead atoms. The second kappa shape index (κ2) is 6.46. The number of hydrogen-bond acceptors (Lipinski definition) is 1. The zero-order chi connectivity index (χ0) is 10.2. The third kappa shape index (κ3) is 4.90. The lowest BCUT2D eigenvalue weighted by Gasteiger charge is -2.16. The first-order valence-electron chi connectivity index (χ1n) is 5.43. The van der Waals surface area contributed by atoms with E-state index in [2.05, 4.69) is 17.5 Å². The molecule has 1 aliphatic carbocycles. The van der Waals surface area contributed by atoms with E-state index in [1.807, 2.05) is 0 Å². The molecule has 1 unspecified atom stereocenters. The number of rotatable bonds is 1. The van der Waals surface area contributed by atoms with Crippen LogP contribution in [0.1, 0.15) is 44.9 Å². The Hall–Kier alpha value is -0.990. The van der Waals surface area contributed by atoms with E-state index in [4.69, 9.17) is 5.11 Å². The zero-order valence-electron chi connectivity index (χ0n) is 8.54. The molecule has 1 rings (SSSR count). The maximum atomic E-state index is 10.5. The van der Waals surface area contributed by atoms with Gasteiger partial charge in [0.25, 0.3) is 0 Å². The second-order valence-electron chi connectivity index (χ2n) is 3.83. The van der Waals surface area contributed by atoms with Crippen molar-refractivity contribution in [3.63, 3.8) is 0 Å². The number of amides is 1. The SMILES string of the molecule is O=C(O)NC1CCCC=CCCCC1. The van der Waals surface area contributed by atoms with Crippen molar-refractivity contribution in [1.82, 2.24) is 5.32 Å². The molecule has 0 spiro atoms. The molecule has 0 aromatic carbocycles. The van der Waals surface area contributed by atoms with Gasteiger partial charge in [-0.15, -0.1) is 0 Å². The minimum Gasteiger partial charge on any atom is -0.465 e. The van der Waals surface area contributed by atoms with Gasteiger partial charge in [0.1, 0.15) is 0 Å². The van der Waals surface area contributed by atoms with Crippen LogP contribution < -0.4 is 5.32 Å². The molecule has 0 saturated heterocycles. The Morgan fingerprint density at radius 3 is 2.50 bits per heavy atom. The van der Waals surface area contributed by atoms with Crippen molar-refractivity contribution in [2.24, 2.45) is 0 Å². The summed E-state index contributed by atoms with van der Waals surface area (Å²) in [5, 5.41) is 11.2. The van der Waals surface area contributed by atoms with E-state index in [0.717, 1.165) is 38.5 Å². The summed E-state index contributed by atoms with van der Waals surface area (Å²) in [5.74, 6) is 0. The molecule has 2 N–H and O–H groups in total. The van der Waals surface area contributed by atoms with Crippen LogP contribution in [-0.2, 0) is 0 Å². The molecule has 80 valence electrons. The van der Waals surface area contributed by atoms with Crippen LogP contribution in [-0.4, -0.2) is 17.2 Å². The van der Waals surface area contributed by atoms with Gasteiger partial charge in [-0.2, -0.15) is 0 Å². The molecule has 3 nitrogen and oxygen atoms in total. The molecular weight excluding hydrogens is 178 g/mol. The summed E-state index contributed by atoms with van der Waals surface area (Å²) in [4.78, 5) is 10.5. The summed E-state index contributed by atoms with van der Waals surface area (Å²) in [6, 6.07) is 0.166. The second-order valence-corrected chi connectivity index (χ2v) is 3.83. The van der Waals surface area contributed by atoms with Gasteiger partial charge < -0.3 is 10.4 Å². The van der Waals surface area contributed by atoms with Crippen LogP contribution in [0.15, 0.2) is 12.2 Å². The van der Waals surface area contributed by atoms with Gasteiger partial charge in [-0.25, -0.2) is 4.79 Å². The van der Waals surface area contributed by atoms with E-state index in [9.17, 15) is 4.79 Å². The summed E-state index contributed by atoms with van der Waals surface area (Å²) >= 11 is 0. The van der Waals surface area contributed by atoms with Crippen molar-refractivity contribution in [2.75, 3.05) is 0 Å². The lowest BCUT2D eigenvalue weighted by atomic mass is 10.0. The fraction of sp³-hybridized carbons (Fsp3) is 0.727. The molecule has 3 heteroatoms. The molecule has 0 fully saturated rings. The van der Waals surface area contributed by atoms with Crippen molar-refractivity contribution < 1.29 is 9.90 Å². The molecule has 0 radical (unpaired) electrons. The highest BCUT2D eigenvalue weighted by molar-refractivity contribution is 5.64. The smallest absolute Gasteiger partial charge is 0.404 e. The highest BCUT2D eigenvalue weighted by Crippen LogP contribution is 2.13. The summed E-state index contributed by atoms with van der Waals surface area (Å²) in [7, 11) is 0. The van der Waals surface area contributed by atoms with Gasteiger partial charge in [-0.1, -0.05) is 18.6 Å². The van der Waals surface area contributed by atoms with Crippen LogP contribution in [0.4, 0.5) is 4.79 Å². The first kappa shape index (κ1) is 11.1. The van der Waals surface area contributed by atoms with Gasteiger partial charge >= 0.3 is 6.09 Å². The minimum atomic E-state index is -0.886. The maximum Gasteiger partial charge on any atom is 0.404 e. The zero-order valence-corrected chi connectivity index (χ0v) is 8.54. The van der Waals surface area contributed by atoms with E-state index in [0.29, 0.717) is 0 Å². The predicted molar refractivity (Wildman–Crippen MR) is 56.4 cm³/mol.